The fourth-order valence-electron chi connectivity index (χ4n) is 1.35. The van der Waals surface area contributed by atoms with Gasteiger partial charge < -0.3 is 9.73 Å². The highest BCUT2D eigenvalue weighted by Crippen LogP contribution is 2.17. The standard InChI is InChI=1S/C11H16N4O/c1-8(2)12-7-11-13-6-10(16-11)9-4-5-15(3)14-9/h4-6,8,12H,7H2,1-3H3. The molecule has 0 saturated carbocycles. The zero-order valence-corrected chi connectivity index (χ0v) is 9.77. The minimum Gasteiger partial charge on any atom is -0.438 e. The summed E-state index contributed by atoms with van der Waals surface area (Å²) < 4.78 is 7.32. The summed E-state index contributed by atoms with van der Waals surface area (Å²) in [6, 6.07) is 2.32. The Labute approximate surface area is 94.5 Å². The Morgan fingerprint density at radius 1 is 1.50 bits per heavy atom. The van der Waals surface area contributed by atoms with Crippen molar-refractivity contribution in [1.82, 2.24) is 20.1 Å². The molecule has 1 N–H and O–H groups in total. The maximum atomic E-state index is 5.58. The second-order valence-electron chi connectivity index (χ2n) is 4.03. The SMILES string of the molecule is CC(C)NCc1ncc(-c2ccn(C)n2)o1. The molecule has 0 bridgehead atoms. The zero-order valence-electron chi connectivity index (χ0n) is 9.77. The van der Waals surface area contributed by atoms with Gasteiger partial charge in [-0.05, 0) is 6.07 Å². The molecule has 0 aliphatic heterocycles. The highest BCUT2D eigenvalue weighted by Gasteiger charge is 2.08. The molecule has 0 radical (unpaired) electrons. The summed E-state index contributed by atoms with van der Waals surface area (Å²) in [5, 5.41) is 7.50. The lowest BCUT2D eigenvalue weighted by molar-refractivity contribution is 0.458. The van der Waals surface area contributed by atoms with Gasteiger partial charge in [0.1, 0.15) is 5.69 Å². The van der Waals surface area contributed by atoms with Gasteiger partial charge in [-0.15, -0.1) is 0 Å². The fraction of sp³-hybridized carbons (Fsp3) is 0.455. The summed E-state index contributed by atoms with van der Waals surface area (Å²) in [5.41, 5.74) is 0.811. The molecule has 0 unspecified atom stereocenters. The molecular formula is C11H16N4O. The molecule has 0 amide bonds. The molecule has 2 aromatic heterocycles. The average Bonchev–Trinajstić information content (AvgIpc) is 2.83. The predicted octanol–water partition coefficient (Wildman–Crippen LogP) is 1.57. The topological polar surface area (TPSA) is 55.9 Å². The Hall–Kier alpha value is -1.62. The molecule has 2 rings (SSSR count). The minimum absolute atomic E-state index is 0.421. The van der Waals surface area contributed by atoms with E-state index in [1.54, 1.807) is 10.9 Å². The Bertz CT molecular complexity index is 458. The van der Waals surface area contributed by atoms with Crippen molar-refractivity contribution in [2.45, 2.75) is 26.4 Å². The van der Waals surface area contributed by atoms with Gasteiger partial charge in [0.2, 0.25) is 5.89 Å². The van der Waals surface area contributed by atoms with Crippen LogP contribution in [0.4, 0.5) is 0 Å². The first-order chi connectivity index (χ1) is 7.65. The molecule has 16 heavy (non-hydrogen) atoms. The number of hydrogen-bond acceptors (Lipinski definition) is 4. The van der Waals surface area contributed by atoms with Crippen LogP contribution < -0.4 is 5.32 Å². The summed E-state index contributed by atoms with van der Waals surface area (Å²) >= 11 is 0. The lowest BCUT2D eigenvalue weighted by Crippen LogP contribution is -2.21. The number of aromatic nitrogens is 3. The number of nitrogens with zero attached hydrogens (tertiary/aromatic N) is 3. The predicted molar refractivity (Wildman–Crippen MR) is 60.7 cm³/mol. The third-order valence-corrected chi connectivity index (χ3v) is 2.18. The van der Waals surface area contributed by atoms with Gasteiger partial charge in [0.05, 0.1) is 12.7 Å². The lowest BCUT2D eigenvalue weighted by atomic mass is 10.4. The summed E-state index contributed by atoms with van der Waals surface area (Å²) in [5.74, 6) is 1.40. The second kappa shape index (κ2) is 4.49. The molecular weight excluding hydrogens is 204 g/mol. The van der Waals surface area contributed by atoms with Crippen LogP contribution in [0.5, 0.6) is 0 Å². The molecule has 0 fully saturated rings. The zero-order chi connectivity index (χ0) is 11.5. The number of nitrogens with one attached hydrogen (secondary N) is 1. The van der Waals surface area contributed by atoms with Gasteiger partial charge in [-0.25, -0.2) is 4.98 Å². The van der Waals surface area contributed by atoms with Crippen LogP contribution in [0.3, 0.4) is 0 Å². The van der Waals surface area contributed by atoms with E-state index in [1.807, 2.05) is 19.3 Å². The Morgan fingerprint density at radius 3 is 2.94 bits per heavy atom. The van der Waals surface area contributed by atoms with Crippen LogP contribution in [0.15, 0.2) is 22.9 Å². The third kappa shape index (κ3) is 2.49. The van der Waals surface area contributed by atoms with Gasteiger partial charge in [0, 0.05) is 19.3 Å². The first-order valence-corrected chi connectivity index (χ1v) is 5.33. The maximum Gasteiger partial charge on any atom is 0.208 e. The van der Waals surface area contributed by atoms with E-state index in [0.29, 0.717) is 24.2 Å². The maximum absolute atomic E-state index is 5.58. The molecule has 0 aliphatic carbocycles. The van der Waals surface area contributed by atoms with Crippen LogP contribution in [-0.4, -0.2) is 20.8 Å². The van der Waals surface area contributed by atoms with E-state index in [2.05, 4.69) is 29.2 Å². The van der Waals surface area contributed by atoms with E-state index in [4.69, 9.17) is 4.42 Å². The number of rotatable bonds is 4. The highest BCUT2D eigenvalue weighted by molar-refractivity contribution is 5.49. The smallest absolute Gasteiger partial charge is 0.208 e. The summed E-state index contributed by atoms with van der Waals surface area (Å²) in [6.45, 7) is 4.82. The molecule has 0 aliphatic rings. The van der Waals surface area contributed by atoms with E-state index in [-0.39, 0.29) is 0 Å². The van der Waals surface area contributed by atoms with E-state index in [9.17, 15) is 0 Å². The third-order valence-electron chi connectivity index (χ3n) is 2.18. The molecule has 0 spiro atoms. The molecule has 5 nitrogen and oxygen atoms in total. The van der Waals surface area contributed by atoms with Crippen molar-refractivity contribution >= 4 is 0 Å². The lowest BCUT2D eigenvalue weighted by Gasteiger charge is -2.03. The number of oxazole rings is 1. The molecule has 2 aromatic rings. The van der Waals surface area contributed by atoms with E-state index in [0.717, 1.165) is 5.69 Å². The van der Waals surface area contributed by atoms with Crippen molar-refractivity contribution in [3.63, 3.8) is 0 Å². The van der Waals surface area contributed by atoms with Gasteiger partial charge in [-0.3, -0.25) is 4.68 Å². The average molecular weight is 220 g/mol. The Morgan fingerprint density at radius 2 is 2.31 bits per heavy atom. The van der Waals surface area contributed by atoms with Crippen molar-refractivity contribution in [1.29, 1.82) is 0 Å². The van der Waals surface area contributed by atoms with Crippen LogP contribution >= 0.6 is 0 Å². The number of aryl methyl sites for hydroxylation is 1. The van der Waals surface area contributed by atoms with E-state index < -0.39 is 0 Å². The second-order valence-corrected chi connectivity index (χ2v) is 4.03. The quantitative estimate of drug-likeness (QED) is 0.849. The van der Waals surface area contributed by atoms with Crippen molar-refractivity contribution in [3.05, 3.63) is 24.4 Å². The van der Waals surface area contributed by atoms with Crippen molar-refractivity contribution in [2.24, 2.45) is 7.05 Å². The van der Waals surface area contributed by atoms with Gasteiger partial charge in [0.15, 0.2) is 5.76 Å². The van der Waals surface area contributed by atoms with Crippen LogP contribution in [0.25, 0.3) is 11.5 Å². The van der Waals surface area contributed by atoms with Crippen LogP contribution in [-0.2, 0) is 13.6 Å². The first-order valence-electron chi connectivity index (χ1n) is 5.33. The molecule has 86 valence electrons. The van der Waals surface area contributed by atoms with Crippen molar-refractivity contribution in [2.75, 3.05) is 0 Å². The van der Waals surface area contributed by atoms with Gasteiger partial charge in [0.25, 0.3) is 0 Å². The molecule has 0 atom stereocenters. The first kappa shape index (κ1) is 10.9. The fourth-order valence-corrected chi connectivity index (χ4v) is 1.35. The summed E-state index contributed by atoms with van der Waals surface area (Å²) in [6.07, 6.45) is 3.59. The number of hydrogen-bond donors (Lipinski definition) is 1. The van der Waals surface area contributed by atoms with Crippen molar-refractivity contribution < 1.29 is 4.42 Å². The molecule has 0 saturated heterocycles. The van der Waals surface area contributed by atoms with Crippen LogP contribution in [0.2, 0.25) is 0 Å². The molecule has 2 heterocycles. The normalized spacial score (nSPS) is 11.2. The van der Waals surface area contributed by atoms with Gasteiger partial charge in [-0.2, -0.15) is 5.10 Å². The highest BCUT2D eigenvalue weighted by atomic mass is 16.4. The summed E-state index contributed by atoms with van der Waals surface area (Å²) in [4.78, 5) is 4.20. The van der Waals surface area contributed by atoms with Crippen molar-refractivity contribution in [3.8, 4) is 11.5 Å². The monoisotopic (exact) mass is 220 g/mol. The van der Waals surface area contributed by atoms with Crippen LogP contribution in [0.1, 0.15) is 19.7 Å². The van der Waals surface area contributed by atoms with Gasteiger partial charge in [-0.1, -0.05) is 13.8 Å². The Kier molecular flexibility index (Phi) is 3.05. The largest absolute Gasteiger partial charge is 0.438 e. The summed E-state index contributed by atoms with van der Waals surface area (Å²) in [7, 11) is 1.88. The van der Waals surface area contributed by atoms with Gasteiger partial charge >= 0.3 is 0 Å². The van der Waals surface area contributed by atoms with E-state index in [1.165, 1.54) is 0 Å². The molecule has 0 aromatic carbocycles. The van der Waals surface area contributed by atoms with Crippen LogP contribution in [0, 0.1) is 0 Å². The molecule has 5 heteroatoms. The minimum atomic E-state index is 0.421. The Balaban J connectivity index is 2.07. The van der Waals surface area contributed by atoms with E-state index >= 15 is 0 Å².